The first kappa shape index (κ1) is 30.9. The Morgan fingerprint density at radius 1 is 0.245 bits per heavy atom. The molecule has 0 aromatic heterocycles. The molecule has 0 aliphatic heterocycles. The molecule has 0 nitrogen and oxygen atoms in total. The van der Waals surface area contributed by atoms with Gasteiger partial charge in [0.05, 0.1) is 0 Å². The minimum atomic E-state index is -0.235. The van der Waals surface area contributed by atoms with Crippen molar-refractivity contribution in [3.05, 3.63) is 206 Å². The van der Waals surface area contributed by atoms with Crippen LogP contribution < -0.4 is 0 Å². The summed E-state index contributed by atoms with van der Waals surface area (Å²) in [5.41, 5.74) is 10.6. The third kappa shape index (κ3) is 5.21. The van der Waals surface area contributed by atoms with Crippen LogP contribution in [0.25, 0.3) is 98.7 Å². The Balaban J connectivity index is 1.37. The van der Waals surface area contributed by atoms with Crippen molar-refractivity contribution >= 4 is 43.1 Å². The summed E-state index contributed by atoms with van der Waals surface area (Å²) in [7, 11) is 0. The summed E-state index contributed by atoms with van der Waals surface area (Å²) in [5, 5.41) is 8.99. The van der Waals surface area contributed by atoms with Crippen LogP contribution in [0, 0.1) is 5.82 Å². The monoisotopic (exact) mass is 676 g/mol. The number of benzene rings is 10. The second kappa shape index (κ2) is 12.7. The molecule has 10 rings (SSSR count). The van der Waals surface area contributed by atoms with E-state index in [1.807, 2.05) is 12.1 Å². The quantitative estimate of drug-likeness (QED) is 0.159. The Morgan fingerprint density at radius 3 is 1.26 bits per heavy atom. The van der Waals surface area contributed by atoms with Gasteiger partial charge >= 0.3 is 0 Å². The summed E-state index contributed by atoms with van der Waals surface area (Å²) in [6.45, 7) is 0. The molecule has 53 heavy (non-hydrogen) atoms. The Morgan fingerprint density at radius 2 is 0.679 bits per heavy atom. The molecular formula is C52H33F. The maximum Gasteiger partial charge on any atom is 0.131 e. The zero-order chi connectivity index (χ0) is 35.3. The molecule has 0 spiro atoms. The molecule has 0 unspecified atom stereocenters. The van der Waals surface area contributed by atoms with Gasteiger partial charge < -0.3 is 0 Å². The minimum Gasteiger partial charge on any atom is -0.206 e. The highest BCUT2D eigenvalue weighted by molar-refractivity contribution is 6.24. The fourth-order valence-corrected chi connectivity index (χ4v) is 8.33. The molecule has 1 heteroatoms. The van der Waals surface area contributed by atoms with Crippen molar-refractivity contribution in [3.8, 4) is 55.6 Å². The molecule has 0 saturated heterocycles. The lowest BCUT2D eigenvalue weighted by Gasteiger charge is -2.21. The van der Waals surface area contributed by atoms with Gasteiger partial charge in [0.15, 0.2) is 0 Å². The van der Waals surface area contributed by atoms with Crippen LogP contribution in [0.4, 0.5) is 4.39 Å². The van der Waals surface area contributed by atoms with Crippen LogP contribution in [-0.4, -0.2) is 0 Å². The van der Waals surface area contributed by atoms with Crippen LogP contribution in [0.5, 0.6) is 0 Å². The van der Waals surface area contributed by atoms with Gasteiger partial charge in [0, 0.05) is 11.1 Å². The van der Waals surface area contributed by atoms with Gasteiger partial charge in [-0.05, 0) is 106 Å². The first-order valence-electron chi connectivity index (χ1n) is 18.1. The summed E-state index contributed by atoms with van der Waals surface area (Å²) < 4.78 is 16.2. The number of halogens is 1. The predicted molar refractivity (Wildman–Crippen MR) is 224 cm³/mol. The Kier molecular flexibility index (Phi) is 7.44. The van der Waals surface area contributed by atoms with E-state index in [2.05, 4.69) is 176 Å². The lowest BCUT2D eigenvalue weighted by molar-refractivity contribution is 0.631. The van der Waals surface area contributed by atoms with E-state index in [4.69, 9.17) is 0 Å². The number of hydrogen-bond acceptors (Lipinski definition) is 0. The Labute approximate surface area is 308 Å². The summed E-state index contributed by atoms with van der Waals surface area (Å²) >= 11 is 0. The minimum absolute atomic E-state index is 0.235. The summed E-state index contributed by atoms with van der Waals surface area (Å²) in [6.07, 6.45) is 0. The van der Waals surface area contributed by atoms with Crippen molar-refractivity contribution in [2.75, 3.05) is 0 Å². The van der Waals surface area contributed by atoms with Gasteiger partial charge in [0.2, 0.25) is 0 Å². The average Bonchev–Trinajstić information content (AvgIpc) is 3.23. The predicted octanol–water partition coefficient (Wildman–Crippen LogP) is 14.8. The van der Waals surface area contributed by atoms with E-state index in [0.29, 0.717) is 5.56 Å². The molecule has 10 aromatic rings. The number of fused-ring (bicyclic) bond motifs is 4. The van der Waals surface area contributed by atoms with Crippen molar-refractivity contribution in [2.45, 2.75) is 0 Å². The molecule has 0 radical (unpaired) electrons. The van der Waals surface area contributed by atoms with Crippen LogP contribution in [0.15, 0.2) is 200 Å². The second-order valence-electron chi connectivity index (χ2n) is 13.7. The highest BCUT2D eigenvalue weighted by atomic mass is 19.1. The molecule has 0 aliphatic rings. The molecule has 0 fully saturated rings. The highest BCUT2D eigenvalue weighted by Crippen LogP contribution is 2.49. The Hall–Kier alpha value is -6.83. The molecule has 0 bridgehead atoms. The van der Waals surface area contributed by atoms with E-state index in [9.17, 15) is 0 Å². The highest BCUT2D eigenvalue weighted by Gasteiger charge is 2.22. The third-order valence-electron chi connectivity index (χ3n) is 10.7. The van der Waals surface area contributed by atoms with Gasteiger partial charge in [0.1, 0.15) is 5.82 Å². The average molecular weight is 677 g/mol. The molecule has 10 aromatic carbocycles. The van der Waals surface area contributed by atoms with Crippen molar-refractivity contribution in [1.29, 1.82) is 0 Å². The Bertz CT molecular complexity index is 3000. The molecular weight excluding hydrogens is 644 g/mol. The van der Waals surface area contributed by atoms with Gasteiger partial charge in [-0.1, -0.05) is 182 Å². The lowest BCUT2D eigenvalue weighted by atomic mass is 9.81. The van der Waals surface area contributed by atoms with Crippen LogP contribution >= 0.6 is 0 Å². The first-order chi connectivity index (χ1) is 26.2. The maximum absolute atomic E-state index is 16.2. The van der Waals surface area contributed by atoms with Gasteiger partial charge in [0.25, 0.3) is 0 Å². The van der Waals surface area contributed by atoms with E-state index in [1.165, 1.54) is 27.1 Å². The third-order valence-corrected chi connectivity index (χ3v) is 10.7. The van der Waals surface area contributed by atoms with Gasteiger partial charge in [-0.2, -0.15) is 0 Å². The van der Waals surface area contributed by atoms with Crippen molar-refractivity contribution in [2.24, 2.45) is 0 Å². The van der Waals surface area contributed by atoms with Gasteiger partial charge in [-0.25, -0.2) is 4.39 Å². The fourth-order valence-electron chi connectivity index (χ4n) is 8.33. The zero-order valence-corrected chi connectivity index (χ0v) is 28.9. The van der Waals surface area contributed by atoms with E-state index < -0.39 is 0 Å². The largest absolute Gasteiger partial charge is 0.206 e. The molecule has 248 valence electrons. The van der Waals surface area contributed by atoms with E-state index in [0.717, 1.165) is 66.1 Å². The molecule has 0 saturated carbocycles. The number of hydrogen-bond donors (Lipinski definition) is 0. The molecule has 0 N–H and O–H groups in total. The SMILES string of the molecule is Fc1ccccc1-c1c2cc(-c3cccc4ccccc34)ccc2c(-c2ccccc2-c2ccccc2)c2cc(-c3cccc4ccccc34)ccc12. The van der Waals surface area contributed by atoms with Gasteiger partial charge in [-0.15, -0.1) is 0 Å². The van der Waals surface area contributed by atoms with E-state index >= 15 is 4.39 Å². The van der Waals surface area contributed by atoms with Crippen molar-refractivity contribution in [3.63, 3.8) is 0 Å². The van der Waals surface area contributed by atoms with E-state index in [-0.39, 0.29) is 5.82 Å². The molecule has 0 atom stereocenters. The summed E-state index contributed by atoms with van der Waals surface area (Å²) in [5.74, 6) is -0.235. The maximum atomic E-state index is 16.2. The van der Waals surface area contributed by atoms with Crippen LogP contribution in [0.2, 0.25) is 0 Å². The second-order valence-corrected chi connectivity index (χ2v) is 13.7. The molecule has 0 aliphatic carbocycles. The summed E-state index contributed by atoms with van der Waals surface area (Å²) in [4.78, 5) is 0. The lowest BCUT2D eigenvalue weighted by Crippen LogP contribution is -1.95. The fraction of sp³-hybridized carbons (Fsp3) is 0. The first-order valence-corrected chi connectivity index (χ1v) is 18.1. The zero-order valence-electron chi connectivity index (χ0n) is 28.9. The molecule has 0 amide bonds. The van der Waals surface area contributed by atoms with Crippen molar-refractivity contribution < 1.29 is 4.39 Å². The van der Waals surface area contributed by atoms with Crippen LogP contribution in [0.1, 0.15) is 0 Å². The molecule has 0 heterocycles. The van der Waals surface area contributed by atoms with E-state index in [1.54, 1.807) is 12.1 Å². The van der Waals surface area contributed by atoms with Gasteiger partial charge in [-0.3, -0.25) is 0 Å². The summed E-state index contributed by atoms with van der Waals surface area (Å²) in [6, 6.07) is 70.1. The van der Waals surface area contributed by atoms with Crippen LogP contribution in [-0.2, 0) is 0 Å². The van der Waals surface area contributed by atoms with Crippen LogP contribution in [0.3, 0.4) is 0 Å². The normalized spacial score (nSPS) is 11.5. The number of rotatable bonds is 5. The standard InChI is InChI=1S/C52H33F/c53-50-27-11-10-24-47(50)52-46-31-29-37(42-25-12-18-35-16-4-6-20-39(35)42)32-48(46)51(44-23-9-8-22-41(44)34-14-2-1-3-15-34)45-30-28-38(33-49(45)52)43-26-13-19-36-17-5-7-21-40(36)43/h1-33H. The van der Waals surface area contributed by atoms with Crippen molar-refractivity contribution in [1.82, 2.24) is 0 Å². The topological polar surface area (TPSA) is 0 Å². The smallest absolute Gasteiger partial charge is 0.131 e.